The number of amides is 2. The lowest BCUT2D eigenvalue weighted by Crippen LogP contribution is -2.42. The summed E-state index contributed by atoms with van der Waals surface area (Å²) in [6.07, 6.45) is 0. The van der Waals surface area contributed by atoms with Gasteiger partial charge in [0.25, 0.3) is 5.91 Å². The van der Waals surface area contributed by atoms with Crippen LogP contribution in [0.2, 0.25) is 0 Å². The Labute approximate surface area is 147 Å². The van der Waals surface area contributed by atoms with Crippen molar-refractivity contribution in [3.63, 3.8) is 0 Å². The summed E-state index contributed by atoms with van der Waals surface area (Å²) in [5.74, 6) is -1.81. The maximum absolute atomic E-state index is 13.9. The van der Waals surface area contributed by atoms with Crippen molar-refractivity contribution >= 4 is 21.8 Å². The van der Waals surface area contributed by atoms with Gasteiger partial charge >= 0.3 is 0 Å². The Morgan fingerprint density at radius 1 is 1.24 bits per heavy atom. The van der Waals surface area contributed by atoms with Gasteiger partial charge in [0.15, 0.2) is 0 Å². The van der Waals surface area contributed by atoms with E-state index in [0.717, 1.165) is 16.4 Å². The smallest absolute Gasteiger partial charge is 0.254 e. The van der Waals surface area contributed by atoms with Gasteiger partial charge in [-0.05, 0) is 39.0 Å². The van der Waals surface area contributed by atoms with Gasteiger partial charge in [-0.25, -0.2) is 17.1 Å². The number of sulfonamides is 1. The third-order valence-electron chi connectivity index (χ3n) is 3.39. The van der Waals surface area contributed by atoms with Gasteiger partial charge in [0, 0.05) is 32.2 Å². The van der Waals surface area contributed by atoms with E-state index in [4.69, 9.17) is 0 Å². The molecule has 0 aliphatic heterocycles. The zero-order valence-electron chi connectivity index (χ0n) is 15.0. The number of hydrogen-bond donors (Lipinski definition) is 1. The van der Waals surface area contributed by atoms with E-state index in [9.17, 15) is 22.4 Å². The first kappa shape index (κ1) is 21.0. The SMILES string of the molecule is CCN(CC(=O)NC(C)C)C(=O)c1ccc(F)c(S(=O)(=O)N(C)C)c1. The van der Waals surface area contributed by atoms with E-state index >= 15 is 0 Å². The fourth-order valence-corrected chi connectivity index (χ4v) is 3.07. The zero-order chi connectivity index (χ0) is 19.4. The molecule has 0 saturated heterocycles. The minimum absolute atomic E-state index is 0.000946. The minimum atomic E-state index is -4.03. The molecule has 25 heavy (non-hydrogen) atoms. The Bertz CT molecular complexity index is 748. The topological polar surface area (TPSA) is 86.8 Å². The quantitative estimate of drug-likeness (QED) is 0.774. The molecular weight excluding hydrogens is 349 g/mol. The van der Waals surface area contributed by atoms with Gasteiger partial charge in [-0.3, -0.25) is 9.59 Å². The van der Waals surface area contributed by atoms with Crippen LogP contribution in [0.15, 0.2) is 23.1 Å². The summed E-state index contributed by atoms with van der Waals surface area (Å²) in [7, 11) is -1.48. The van der Waals surface area contributed by atoms with Crippen LogP contribution < -0.4 is 5.32 Å². The third-order valence-corrected chi connectivity index (χ3v) is 5.22. The van der Waals surface area contributed by atoms with E-state index in [-0.39, 0.29) is 30.6 Å². The van der Waals surface area contributed by atoms with Crippen LogP contribution in [-0.4, -0.2) is 62.7 Å². The summed E-state index contributed by atoms with van der Waals surface area (Å²) < 4.78 is 39.1. The molecule has 0 heterocycles. The molecule has 0 aromatic heterocycles. The van der Waals surface area contributed by atoms with Crippen LogP contribution in [0.1, 0.15) is 31.1 Å². The van der Waals surface area contributed by atoms with E-state index < -0.39 is 26.6 Å². The van der Waals surface area contributed by atoms with Crippen LogP contribution in [0.25, 0.3) is 0 Å². The van der Waals surface area contributed by atoms with Crippen LogP contribution in [0, 0.1) is 5.82 Å². The Morgan fingerprint density at radius 3 is 2.32 bits per heavy atom. The number of benzene rings is 1. The monoisotopic (exact) mass is 373 g/mol. The van der Waals surface area contributed by atoms with Gasteiger partial charge in [-0.2, -0.15) is 0 Å². The molecule has 0 saturated carbocycles. The molecular formula is C16H24FN3O4S. The predicted molar refractivity (Wildman–Crippen MR) is 92.1 cm³/mol. The highest BCUT2D eigenvalue weighted by molar-refractivity contribution is 7.89. The van der Waals surface area contributed by atoms with E-state index in [2.05, 4.69) is 5.32 Å². The molecule has 0 aliphatic rings. The van der Waals surface area contributed by atoms with Crippen LogP contribution in [0.5, 0.6) is 0 Å². The van der Waals surface area contributed by atoms with Gasteiger partial charge in [0.2, 0.25) is 15.9 Å². The first-order valence-electron chi connectivity index (χ1n) is 7.81. The van der Waals surface area contributed by atoms with Crippen LogP contribution in [0.3, 0.4) is 0 Å². The first-order chi connectivity index (χ1) is 11.5. The summed E-state index contributed by atoms with van der Waals surface area (Å²) in [6.45, 7) is 5.38. The molecule has 7 nitrogen and oxygen atoms in total. The molecule has 0 unspecified atom stereocenters. The van der Waals surface area contributed by atoms with Crippen molar-refractivity contribution in [2.75, 3.05) is 27.2 Å². The lowest BCUT2D eigenvalue weighted by atomic mass is 10.2. The molecule has 0 radical (unpaired) electrons. The average molecular weight is 373 g/mol. The van der Waals surface area contributed by atoms with Crippen molar-refractivity contribution in [1.82, 2.24) is 14.5 Å². The summed E-state index contributed by atoms with van der Waals surface area (Å²) in [6, 6.07) is 3.07. The second-order valence-corrected chi connectivity index (χ2v) is 8.09. The molecule has 0 spiro atoms. The van der Waals surface area contributed by atoms with Gasteiger partial charge in [0.1, 0.15) is 10.7 Å². The van der Waals surface area contributed by atoms with Gasteiger partial charge in [-0.15, -0.1) is 0 Å². The minimum Gasteiger partial charge on any atom is -0.352 e. The Balaban J connectivity index is 3.14. The molecule has 9 heteroatoms. The summed E-state index contributed by atoms with van der Waals surface area (Å²) >= 11 is 0. The maximum atomic E-state index is 13.9. The van der Waals surface area contributed by atoms with E-state index in [1.54, 1.807) is 20.8 Å². The number of carbonyl (C=O) groups is 2. The second-order valence-electron chi connectivity index (χ2n) is 5.97. The number of hydrogen-bond acceptors (Lipinski definition) is 4. The zero-order valence-corrected chi connectivity index (χ0v) is 15.9. The number of halogens is 1. The van der Waals surface area contributed by atoms with Crippen molar-refractivity contribution in [2.45, 2.75) is 31.7 Å². The highest BCUT2D eigenvalue weighted by atomic mass is 32.2. The van der Waals surface area contributed by atoms with Crippen molar-refractivity contribution < 1.29 is 22.4 Å². The Kier molecular flexibility index (Phi) is 7.06. The lowest BCUT2D eigenvalue weighted by Gasteiger charge is -2.22. The molecule has 0 bridgehead atoms. The molecule has 1 aromatic carbocycles. The number of nitrogens with zero attached hydrogens (tertiary/aromatic N) is 2. The average Bonchev–Trinajstić information content (AvgIpc) is 2.51. The lowest BCUT2D eigenvalue weighted by molar-refractivity contribution is -0.122. The van der Waals surface area contributed by atoms with E-state index in [1.807, 2.05) is 0 Å². The molecule has 140 valence electrons. The largest absolute Gasteiger partial charge is 0.352 e. The van der Waals surface area contributed by atoms with E-state index in [0.29, 0.717) is 0 Å². The van der Waals surface area contributed by atoms with Crippen molar-refractivity contribution in [2.24, 2.45) is 0 Å². The van der Waals surface area contributed by atoms with Crippen molar-refractivity contribution in [3.05, 3.63) is 29.6 Å². The number of rotatable bonds is 7. The number of nitrogens with one attached hydrogen (secondary N) is 1. The normalized spacial score (nSPS) is 11.7. The van der Waals surface area contributed by atoms with E-state index in [1.165, 1.54) is 25.1 Å². The van der Waals surface area contributed by atoms with Crippen LogP contribution in [0.4, 0.5) is 4.39 Å². The van der Waals surface area contributed by atoms with Crippen molar-refractivity contribution in [3.8, 4) is 0 Å². The molecule has 0 aliphatic carbocycles. The summed E-state index contributed by atoms with van der Waals surface area (Å²) in [5.41, 5.74) is 0.000946. The van der Waals surface area contributed by atoms with Gasteiger partial charge in [-0.1, -0.05) is 0 Å². The molecule has 1 N–H and O–H groups in total. The molecule has 0 fully saturated rings. The fourth-order valence-electron chi connectivity index (χ4n) is 2.08. The molecule has 1 aromatic rings. The third kappa shape index (κ3) is 5.23. The summed E-state index contributed by atoms with van der Waals surface area (Å²) in [4.78, 5) is 25.1. The fraction of sp³-hybridized carbons (Fsp3) is 0.500. The molecule has 2 amide bonds. The highest BCUT2D eigenvalue weighted by Crippen LogP contribution is 2.20. The second kappa shape index (κ2) is 8.39. The van der Waals surface area contributed by atoms with Gasteiger partial charge in [0.05, 0.1) is 6.54 Å². The van der Waals surface area contributed by atoms with Crippen LogP contribution in [-0.2, 0) is 14.8 Å². The Morgan fingerprint density at radius 2 is 1.84 bits per heavy atom. The maximum Gasteiger partial charge on any atom is 0.254 e. The highest BCUT2D eigenvalue weighted by Gasteiger charge is 2.25. The van der Waals surface area contributed by atoms with Gasteiger partial charge < -0.3 is 10.2 Å². The predicted octanol–water partition coefficient (Wildman–Crippen LogP) is 1.06. The van der Waals surface area contributed by atoms with Crippen LogP contribution >= 0.6 is 0 Å². The Hall–Kier alpha value is -2.00. The number of carbonyl (C=O) groups excluding carboxylic acids is 2. The number of likely N-dealkylation sites (N-methyl/N-ethyl adjacent to an activating group) is 1. The molecule has 1 rings (SSSR count). The summed E-state index contributed by atoms with van der Waals surface area (Å²) in [5, 5.41) is 2.68. The standard InChI is InChI=1S/C16H24FN3O4S/c1-6-20(10-15(21)18-11(2)3)16(22)12-7-8-13(17)14(9-12)25(23,24)19(4)5/h7-9,11H,6,10H2,1-5H3,(H,18,21). The first-order valence-corrected chi connectivity index (χ1v) is 9.25. The molecule has 0 atom stereocenters. The van der Waals surface area contributed by atoms with Crippen molar-refractivity contribution in [1.29, 1.82) is 0 Å².